The predicted molar refractivity (Wildman–Crippen MR) is 75.3 cm³/mol. The first kappa shape index (κ1) is 12.2. The zero-order valence-electron chi connectivity index (χ0n) is 11.3. The van der Waals surface area contributed by atoms with E-state index in [4.69, 9.17) is 4.74 Å². The van der Waals surface area contributed by atoms with Gasteiger partial charge >= 0.3 is 0 Å². The lowest BCUT2D eigenvalue weighted by Crippen LogP contribution is -2.19. The van der Waals surface area contributed by atoms with Crippen LogP contribution in [0.15, 0.2) is 42.5 Å². The SMILES string of the molecule is Cc1ccc(C2C[C@H](O)c3ccccc3O2)c(C)c1. The van der Waals surface area contributed by atoms with E-state index in [1.165, 1.54) is 16.7 Å². The second-order valence-electron chi connectivity index (χ2n) is 5.26. The van der Waals surface area contributed by atoms with Crippen LogP contribution in [-0.4, -0.2) is 5.11 Å². The maximum atomic E-state index is 10.3. The normalized spacial score (nSPS) is 21.6. The number of rotatable bonds is 1. The Hall–Kier alpha value is -1.80. The highest BCUT2D eigenvalue weighted by atomic mass is 16.5. The summed E-state index contributed by atoms with van der Waals surface area (Å²) >= 11 is 0. The first-order valence-electron chi connectivity index (χ1n) is 6.66. The fraction of sp³-hybridized carbons (Fsp3) is 0.294. The van der Waals surface area contributed by atoms with Crippen LogP contribution >= 0.6 is 0 Å². The second-order valence-corrected chi connectivity index (χ2v) is 5.26. The Morgan fingerprint density at radius 2 is 1.84 bits per heavy atom. The van der Waals surface area contributed by atoms with Gasteiger partial charge in [-0.05, 0) is 31.0 Å². The Labute approximate surface area is 113 Å². The monoisotopic (exact) mass is 254 g/mol. The van der Waals surface area contributed by atoms with E-state index in [0.717, 1.165) is 11.3 Å². The van der Waals surface area contributed by atoms with Crippen molar-refractivity contribution in [2.45, 2.75) is 32.5 Å². The Kier molecular flexibility index (Phi) is 3.03. The second kappa shape index (κ2) is 4.71. The van der Waals surface area contributed by atoms with E-state index >= 15 is 0 Å². The maximum absolute atomic E-state index is 10.3. The van der Waals surface area contributed by atoms with Crippen LogP contribution in [0, 0.1) is 13.8 Å². The molecular formula is C17H18O2. The third-order valence-electron chi connectivity index (χ3n) is 3.76. The molecule has 2 aromatic carbocycles. The third kappa shape index (κ3) is 2.24. The van der Waals surface area contributed by atoms with Gasteiger partial charge < -0.3 is 9.84 Å². The molecule has 3 rings (SSSR count). The maximum Gasteiger partial charge on any atom is 0.127 e. The molecule has 1 unspecified atom stereocenters. The van der Waals surface area contributed by atoms with Crippen molar-refractivity contribution in [1.29, 1.82) is 0 Å². The molecule has 1 N–H and O–H groups in total. The van der Waals surface area contributed by atoms with Crippen molar-refractivity contribution in [1.82, 2.24) is 0 Å². The predicted octanol–water partition coefficient (Wildman–Crippen LogP) is 3.86. The van der Waals surface area contributed by atoms with E-state index in [1.807, 2.05) is 24.3 Å². The van der Waals surface area contributed by atoms with E-state index in [0.29, 0.717) is 6.42 Å². The first-order valence-corrected chi connectivity index (χ1v) is 6.66. The average molecular weight is 254 g/mol. The molecule has 0 saturated heterocycles. The number of para-hydroxylation sites is 1. The van der Waals surface area contributed by atoms with Crippen molar-refractivity contribution < 1.29 is 9.84 Å². The number of aryl methyl sites for hydroxylation is 2. The van der Waals surface area contributed by atoms with Crippen LogP contribution in [0.2, 0.25) is 0 Å². The topological polar surface area (TPSA) is 29.5 Å². The molecule has 2 heteroatoms. The summed E-state index contributed by atoms with van der Waals surface area (Å²) < 4.78 is 6.05. The number of hydrogen-bond acceptors (Lipinski definition) is 2. The zero-order chi connectivity index (χ0) is 13.4. The van der Waals surface area contributed by atoms with Gasteiger partial charge in [-0.1, -0.05) is 42.0 Å². The molecule has 19 heavy (non-hydrogen) atoms. The molecule has 0 radical (unpaired) electrons. The highest BCUT2D eigenvalue weighted by Gasteiger charge is 2.28. The number of aliphatic hydroxyl groups is 1. The van der Waals surface area contributed by atoms with E-state index in [9.17, 15) is 5.11 Å². The fourth-order valence-electron chi connectivity index (χ4n) is 2.77. The van der Waals surface area contributed by atoms with E-state index < -0.39 is 6.10 Å². The molecule has 1 aliphatic heterocycles. The molecule has 0 fully saturated rings. The van der Waals surface area contributed by atoms with Crippen LogP contribution in [0.5, 0.6) is 5.75 Å². The van der Waals surface area contributed by atoms with Crippen molar-refractivity contribution >= 4 is 0 Å². The van der Waals surface area contributed by atoms with Crippen LogP contribution in [0.3, 0.4) is 0 Å². The van der Waals surface area contributed by atoms with Crippen molar-refractivity contribution in [2.75, 3.05) is 0 Å². The standard InChI is InChI=1S/C17H18O2/c1-11-7-8-13(12(2)9-11)17-10-15(18)14-5-3-4-6-16(14)19-17/h3-9,15,17-18H,10H2,1-2H3/t15-,17?/m0/s1. The first-order chi connectivity index (χ1) is 9.15. The van der Waals surface area contributed by atoms with Gasteiger partial charge in [0.15, 0.2) is 0 Å². The molecule has 0 amide bonds. The number of aliphatic hydroxyl groups excluding tert-OH is 1. The molecule has 1 heterocycles. The van der Waals surface area contributed by atoms with E-state index in [1.54, 1.807) is 0 Å². The summed E-state index contributed by atoms with van der Waals surface area (Å²) in [6.07, 6.45) is 0.0992. The molecule has 0 spiro atoms. The fourth-order valence-corrected chi connectivity index (χ4v) is 2.77. The summed E-state index contributed by atoms with van der Waals surface area (Å²) in [4.78, 5) is 0. The highest BCUT2D eigenvalue weighted by Crippen LogP contribution is 2.41. The lowest BCUT2D eigenvalue weighted by molar-refractivity contribution is 0.0655. The molecular weight excluding hydrogens is 236 g/mol. The lowest BCUT2D eigenvalue weighted by Gasteiger charge is -2.30. The summed E-state index contributed by atoms with van der Waals surface area (Å²) in [6.45, 7) is 4.18. The van der Waals surface area contributed by atoms with Crippen molar-refractivity contribution in [3.05, 3.63) is 64.7 Å². The van der Waals surface area contributed by atoms with Crippen molar-refractivity contribution in [2.24, 2.45) is 0 Å². The van der Waals surface area contributed by atoms with Crippen LogP contribution in [0.1, 0.15) is 40.9 Å². The van der Waals surface area contributed by atoms with Gasteiger partial charge in [0, 0.05) is 12.0 Å². The summed E-state index contributed by atoms with van der Waals surface area (Å²) in [7, 11) is 0. The average Bonchev–Trinajstić information content (AvgIpc) is 2.38. The highest BCUT2D eigenvalue weighted by molar-refractivity contribution is 5.40. The zero-order valence-corrected chi connectivity index (χ0v) is 11.3. The summed E-state index contributed by atoms with van der Waals surface area (Å²) in [6, 6.07) is 14.1. The van der Waals surface area contributed by atoms with Gasteiger partial charge in [-0.15, -0.1) is 0 Å². The largest absolute Gasteiger partial charge is 0.485 e. The van der Waals surface area contributed by atoms with Crippen molar-refractivity contribution in [3.8, 4) is 5.75 Å². The number of fused-ring (bicyclic) bond motifs is 1. The van der Waals surface area contributed by atoms with Crippen LogP contribution in [0.25, 0.3) is 0 Å². The number of benzene rings is 2. The Bertz CT molecular complexity index is 604. The number of ether oxygens (including phenoxy) is 1. The Morgan fingerprint density at radius 3 is 2.63 bits per heavy atom. The third-order valence-corrected chi connectivity index (χ3v) is 3.76. The van der Waals surface area contributed by atoms with Gasteiger partial charge in [-0.2, -0.15) is 0 Å². The quantitative estimate of drug-likeness (QED) is 0.837. The van der Waals surface area contributed by atoms with Gasteiger partial charge in [-0.25, -0.2) is 0 Å². The van der Waals surface area contributed by atoms with E-state index in [-0.39, 0.29) is 6.10 Å². The van der Waals surface area contributed by atoms with Gasteiger partial charge in [0.25, 0.3) is 0 Å². The minimum atomic E-state index is -0.448. The summed E-state index contributed by atoms with van der Waals surface area (Å²) in [5, 5.41) is 10.3. The molecule has 98 valence electrons. The molecule has 2 atom stereocenters. The van der Waals surface area contributed by atoms with Crippen LogP contribution in [0.4, 0.5) is 0 Å². The molecule has 2 nitrogen and oxygen atoms in total. The van der Waals surface area contributed by atoms with Crippen molar-refractivity contribution in [3.63, 3.8) is 0 Å². The summed E-state index contributed by atoms with van der Waals surface area (Å²) in [5.74, 6) is 0.797. The van der Waals surface area contributed by atoms with E-state index in [2.05, 4.69) is 32.0 Å². The lowest BCUT2D eigenvalue weighted by atomic mass is 9.92. The Morgan fingerprint density at radius 1 is 1.05 bits per heavy atom. The minimum Gasteiger partial charge on any atom is -0.485 e. The van der Waals surface area contributed by atoms with Crippen LogP contribution in [-0.2, 0) is 0 Å². The molecule has 0 bridgehead atoms. The van der Waals surface area contributed by atoms with Gasteiger partial charge in [0.2, 0.25) is 0 Å². The van der Waals surface area contributed by atoms with Gasteiger partial charge in [0.1, 0.15) is 11.9 Å². The van der Waals surface area contributed by atoms with Gasteiger partial charge in [-0.3, -0.25) is 0 Å². The molecule has 2 aromatic rings. The number of hydrogen-bond donors (Lipinski definition) is 1. The van der Waals surface area contributed by atoms with Gasteiger partial charge in [0.05, 0.1) is 6.10 Å². The Balaban J connectivity index is 1.97. The molecule has 0 aliphatic carbocycles. The minimum absolute atomic E-state index is 0.0644. The molecule has 0 saturated carbocycles. The molecule has 1 aliphatic rings. The smallest absolute Gasteiger partial charge is 0.127 e. The van der Waals surface area contributed by atoms with Crippen LogP contribution < -0.4 is 4.74 Å². The summed E-state index contributed by atoms with van der Waals surface area (Å²) in [5.41, 5.74) is 4.53. The molecule has 0 aromatic heterocycles.